The molecule has 0 saturated heterocycles. The van der Waals surface area contributed by atoms with Crippen molar-refractivity contribution in [3.05, 3.63) is 48.0 Å². The number of nitrogens with one attached hydrogen (secondary N) is 2. The SMILES string of the molecule is COc1ccc(C(=O)NCC(=O)N(C)CC(=O)N2c3ccccc3NC(=O)CC2C)cc1OC. The number of amides is 4. The van der Waals surface area contributed by atoms with Crippen LogP contribution in [0.4, 0.5) is 11.4 Å². The Labute approximate surface area is 197 Å². The van der Waals surface area contributed by atoms with E-state index in [1.54, 1.807) is 43.3 Å². The molecular formula is C24H28N4O6. The molecule has 0 aliphatic carbocycles. The van der Waals surface area contributed by atoms with E-state index in [4.69, 9.17) is 9.47 Å². The van der Waals surface area contributed by atoms with Crippen LogP contribution < -0.4 is 25.0 Å². The number of fused-ring (bicyclic) bond motifs is 1. The second-order valence-electron chi connectivity index (χ2n) is 7.88. The third-order valence-corrected chi connectivity index (χ3v) is 5.47. The predicted octanol–water partition coefficient (Wildman–Crippen LogP) is 1.66. The number of methoxy groups -OCH3 is 2. The van der Waals surface area contributed by atoms with Gasteiger partial charge in [-0.05, 0) is 37.3 Å². The maximum atomic E-state index is 13.1. The van der Waals surface area contributed by atoms with Gasteiger partial charge in [0.1, 0.15) is 0 Å². The molecule has 10 heteroatoms. The van der Waals surface area contributed by atoms with Gasteiger partial charge in [-0.15, -0.1) is 0 Å². The molecule has 2 aromatic rings. The Morgan fingerprint density at radius 1 is 1.12 bits per heavy atom. The standard InChI is InChI=1S/C24H28N4O6/c1-15-11-21(29)26-17-7-5-6-8-18(17)28(15)23(31)14-27(2)22(30)13-25-24(32)16-9-10-19(33-3)20(12-16)34-4/h5-10,12,15H,11,13-14H2,1-4H3,(H,25,32)(H,26,29). The van der Waals surface area contributed by atoms with Gasteiger partial charge in [-0.2, -0.15) is 0 Å². The fraction of sp³-hybridized carbons (Fsp3) is 0.333. The van der Waals surface area contributed by atoms with Crippen molar-refractivity contribution in [3.8, 4) is 11.5 Å². The van der Waals surface area contributed by atoms with Crippen LogP contribution in [0.1, 0.15) is 23.7 Å². The van der Waals surface area contributed by atoms with E-state index in [2.05, 4.69) is 10.6 Å². The zero-order chi connectivity index (χ0) is 24.8. The summed E-state index contributed by atoms with van der Waals surface area (Å²) >= 11 is 0. The maximum Gasteiger partial charge on any atom is 0.251 e. The Morgan fingerprint density at radius 3 is 2.53 bits per heavy atom. The first-order valence-electron chi connectivity index (χ1n) is 10.7. The number of hydrogen-bond donors (Lipinski definition) is 2. The summed E-state index contributed by atoms with van der Waals surface area (Å²) in [5.41, 5.74) is 1.42. The number of likely N-dealkylation sites (N-methyl/N-ethyl adjacent to an activating group) is 1. The lowest BCUT2D eigenvalue weighted by Crippen LogP contribution is -2.47. The molecule has 0 fully saturated rings. The summed E-state index contributed by atoms with van der Waals surface area (Å²) in [6.07, 6.45) is 0.138. The lowest BCUT2D eigenvalue weighted by molar-refractivity contribution is -0.133. The number of benzene rings is 2. The van der Waals surface area contributed by atoms with Gasteiger partial charge in [0.2, 0.25) is 17.7 Å². The summed E-state index contributed by atoms with van der Waals surface area (Å²) in [6.45, 7) is 1.28. The molecule has 1 heterocycles. The Morgan fingerprint density at radius 2 is 1.82 bits per heavy atom. The second kappa shape index (κ2) is 10.7. The Hall–Kier alpha value is -4.08. The van der Waals surface area contributed by atoms with E-state index in [1.807, 2.05) is 0 Å². The van der Waals surface area contributed by atoms with Crippen molar-refractivity contribution in [3.63, 3.8) is 0 Å². The smallest absolute Gasteiger partial charge is 0.251 e. The minimum absolute atomic E-state index is 0.138. The quantitative estimate of drug-likeness (QED) is 0.638. The fourth-order valence-electron chi connectivity index (χ4n) is 3.71. The number of para-hydroxylation sites is 2. The molecule has 1 atom stereocenters. The molecule has 0 radical (unpaired) electrons. The van der Waals surface area contributed by atoms with Crippen LogP contribution in [-0.2, 0) is 14.4 Å². The van der Waals surface area contributed by atoms with Gasteiger partial charge < -0.3 is 29.9 Å². The Bertz CT molecular complexity index is 1100. The van der Waals surface area contributed by atoms with E-state index >= 15 is 0 Å². The van der Waals surface area contributed by atoms with E-state index < -0.39 is 11.8 Å². The number of nitrogens with zero attached hydrogens (tertiary/aromatic N) is 2. The van der Waals surface area contributed by atoms with Gasteiger partial charge >= 0.3 is 0 Å². The molecule has 10 nitrogen and oxygen atoms in total. The van der Waals surface area contributed by atoms with Crippen LogP contribution in [0.15, 0.2) is 42.5 Å². The average Bonchev–Trinajstić information content (AvgIpc) is 2.95. The number of anilines is 2. The number of ether oxygens (including phenoxy) is 2. The molecule has 34 heavy (non-hydrogen) atoms. The molecule has 2 N–H and O–H groups in total. The van der Waals surface area contributed by atoms with Crippen molar-refractivity contribution in [1.82, 2.24) is 10.2 Å². The predicted molar refractivity (Wildman–Crippen MR) is 126 cm³/mol. The summed E-state index contributed by atoms with van der Waals surface area (Å²) < 4.78 is 10.3. The summed E-state index contributed by atoms with van der Waals surface area (Å²) in [4.78, 5) is 53.1. The van der Waals surface area contributed by atoms with Crippen molar-refractivity contribution < 1.29 is 28.7 Å². The summed E-state index contributed by atoms with van der Waals surface area (Å²) in [6, 6.07) is 11.3. The molecule has 1 unspecified atom stereocenters. The first kappa shape index (κ1) is 24.6. The summed E-state index contributed by atoms with van der Waals surface area (Å²) in [5.74, 6) is -0.546. The molecule has 1 aliphatic rings. The van der Waals surface area contributed by atoms with Crippen LogP contribution in [0.25, 0.3) is 0 Å². The molecule has 0 saturated carbocycles. The summed E-state index contributed by atoms with van der Waals surface area (Å²) in [5, 5.41) is 5.36. The zero-order valence-corrected chi connectivity index (χ0v) is 19.6. The maximum absolute atomic E-state index is 13.1. The van der Waals surface area contributed by atoms with Crippen LogP contribution in [0.3, 0.4) is 0 Å². The molecule has 180 valence electrons. The Kier molecular flexibility index (Phi) is 7.72. The van der Waals surface area contributed by atoms with Crippen molar-refractivity contribution in [2.45, 2.75) is 19.4 Å². The topological polar surface area (TPSA) is 117 Å². The molecular weight excluding hydrogens is 440 g/mol. The van der Waals surface area contributed by atoms with Crippen molar-refractivity contribution in [1.29, 1.82) is 0 Å². The summed E-state index contributed by atoms with van der Waals surface area (Å²) in [7, 11) is 4.44. The third kappa shape index (κ3) is 5.45. The highest BCUT2D eigenvalue weighted by Crippen LogP contribution is 2.31. The largest absolute Gasteiger partial charge is 0.493 e. The highest BCUT2D eigenvalue weighted by Gasteiger charge is 2.30. The lowest BCUT2D eigenvalue weighted by Gasteiger charge is -2.29. The van der Waals surface area contributed by atoms with Crippen molar-refractivity contribution in [2.24, 2.45) is 0 Å². The highest BCUT2D eigenvalue weighted by atomic mass is 16.5. The normalized spacial score (nSPS) is 14.9. The average molecular weight is 469 g/mol. The first-order chi connectivity index (χ1) is 16.2. The van der Waals surface area contributed by atoms with Crippen LogP contribution in [-0.4, -0.2) is 68.9 Å². The fourth-order valence-corrected chi connectivity index (χ4v) is 3.71. The van der Waals surface area contributed by atoms with Gasteiger partial charge in [0, 0.05) is 25.1 Å². The van der Waals surface area contributed by atoms with E-state index in [0.717, 1.165) is 0 Å². The highest BCUT2D eigenvalue weighted by molar-refractivity contribution is 6.05. The monoisotopic (exact) mass is 468 g/mol. The zero-order valence-electron chi connectivity index (χ0n) is 19.6. The molecule has 1 aliphatic heterocycles. The van der Waals surface area contributed by atoms with E-state index in [1.165, 1.54) is 37.1 Å². The lowest BCUT2D eigenvalue weighted by atomic mass is 10.1. The Balaban J connectivity index is 1.63. The molecule has 3 rings (SSSR count). The number of carbonyl (C=O) groups is 4. The second-order valence-corrected chi connectivity index (χ2v) is 7.88. The minimum atomic E-state index is -0.464. The van der Waals surface area contributed by atoms with E-state index in [-0.39, 0.29) is 37.4 Å². The number of rotatable bonds is 7. The van der Waals surface area contributed by atoms with Gasteiger partial charge in [0.15, 0.2) is 11.5 Å². The molecule has 0 bridgehead atoms. The van der Waals surface area contributed by atoms with Gasteiger partial charge in [0.25, 0.3) is 5.91 Å². The van der Waals surface area contributed by atoms with Gasteiger partial charge in [-0.1, -0.05) is 12.1 Å². The van der Waals surface area contributed by atoms with E-state index in [9.17, 15) is 19.2 Å². The molecule has 0 spiro atoms. The van der Waals surface area contributed by atoms with Gasteiger partial charge in [-0.25, -0.2) is 0 Å². The molecule has 0 aromatic heterocycles. The van der Waals surface area contributed by atoms with Crippen LogP contribution >= 0.6 is 0 Å². The van der Waals surface area contributed by atoms with E-state index in [0.29, 0.717) is 28.4 Å². The minimum Gasteiger partial charge on any atom is -0.493 e. The molecule has 4 amide bonds. The van der Waals surface area contributed by atoms with Crippen LogP contribution in [0.2, 0.25) is 0 Å². The van der Waals surface area contributed by atoms with Crippen LogP contribution in [0, 0.1) is 0 Å². The van der Waals surface area contributed by atoms with Crippen molar-refractivity contribution >= 4 is 35.0 Å². The van der Waals surface area contributed by atoms with Crippen LogP contribution in [0.5, 0.6) is 11.5 Å². The molecule has 2 aromatic carbocycles. The number of hydrogen-bond acceptors (Lipinski definition) is 6. The third-order valence-electron chi connectivity index (χ3n) is 5.47. The first-order valence-corrected chi connectivity index (χ1v) is 10.7. The van der Waals surface area contributed by atoms with Gasteiger partial charge in [0.05, 0.1) is 38.7 Å². The van der Waals surface area contributed by atoms with Crippen molar-refractivity contribution in [2.75, 3.05) is 44.6 Å². The van der Waals surface area contributed by atoms with Gasteiger partial charge in [-0.3, -0.25) is 19.2 Å². The number of carbonyl (C=O) groups excluding carboxylic acids is 4.